The molecule has 1 atom stereocenters. The topological polar surface area (TPSA) is 98.0 Å². The van der Waals surface area contributed by atoms with Crippen molar-refractivity contribution in [1.82, 2.24) is 8.87 Å². The van der Waals surface area contributed by atoms with Gasteiger partial charge in [0.25, 0.3) is 5.91 Å². The van der Waals surface area contributed by atoms with Crippen molar-refractivity contribution in [1.29, 1.82) is 0 Å². The fourth-order valence-electron chi connectivity index (χ4n) is 3.92. The molecule has 1 saturated heterocycles. The highest BCUT2D eigenvalue weighted by atomic mass is 32.2. The van der Waals surface area contributed by atoms with Gasteiger partial charge in [-0.2, -0.15) is 9.30 Å². The molecule has 174 valence electrons. The summed E-state index contributed by atoms with van der Waals surface area (Å²) in [5.74, 6) is -0.573. The standard InChI is InChI=1S/C23H25N3O5S2/c1-15-5-4-12-26(14-15)33(29,30)18-9-6-16(7-10-18)21(27)24-23-25(2)19-11-8-17(22(28)31-3)13-20(19)32-23/h6-11,13,15H,4-5,12,14H2,1-3H3/t15-/m1/s1. The van der Waals surface area contributed by atoms with Crippen LogP contribution in [-0.4, -0.2) is 49.4 Å². The molecule has 0 aliphatic carbocycles. The molecule has 1 fully saturated rings. The Labute approximate surface area is 196 Å². The molecule has 0 saturated carbocycles. The van der Waals surface area contributed by atoms with E-state index in [1.807, 2.05) is 0 Å². The van der Waals surface area contributed by atoms with Crippen LogP contribution in [0.1, 0.15) is 40.5 Å². The quantitative estimate of drug-likeness (QED) is 0.527. The van der Waals surface area contributed by atoms with Crippen LogP contribution >= 0.6 is 11.3 Å². The third-order valence-corrected chi connectivity index (χ3v) is 8.76. The van der Waals surface area contributed by atoms with E-state index in [0.29, 0.717) is 34.9 Å². The van der Waals surface area contributed by atoms with Crippen LogP contribution in [0.5, 0.6) is 0 Å². The van der Waals surface area contributed by atoms with Gasteiger partial charge in [0.15, 0.2) is 4.80 Å². The number of piperidine rings is 1. The van der Waals surface area contributed by atoms with Crippen molar-refractivity contribution >= 4 is 43.5 Å². The number of aromatic nitrogens is 1. The fraction of sp³-hybridized carbons (Fsp3) is 0.348. The van der Waals surface area contributed by atoms with Gasteiger partial charge in [-0.25, -0.2) is 13.2 Å². The molecule has 2 aromatic carbocycles. The maximum absolute atomic E-state index is 12.9. The fourth-order valence-corrected chi connectivity index (χ4v) is 6.57. The number of sulfonamides is 1. The van der Waals surface area contributed by atoms with Gasteiger partial charge in [0.2, 0.25) is 10.0 Å². The smallest absolute Gasteiger partial charge is 0.337 e. The molecule has 8 nitrogen and oxygen atoms in total. The predicted molar refractivity (Wildman–Crippen MR) is 126 cm³/mol. The lowest BCUT2D eigenvalue weighted by molar-refractivity contribution is 0.0600. The largest absolute Gasteiger partial charge is 0.465 e. The van der Waals surface area contributed by atoms with E-state index in [4.69, 9.17) is 4.74 Å². The minimum absolute atomic E-state index is 0.177. The Kier molecular flexibility index (Phi) is 6.51. The minimum Gasteiger partial charge on any atom is -0.465 e. The highest BCUT2D eigenvalue weighted by molar-refractivity contribution is 7.89. The summed E-state index contributed by atoms with van der Waals surface area (Å²) >= 11 is 1.28. The van der Waals surface area contributed by atoms with Crippen molar-refractivity contribution in [3.8, 4) is 0 Å². The van der Waals surface area contributed by atoms with Gasteiger partial charge in [-0.15, -0.1) is 0 Å². The van der Waals surface area contributed by atoms with Gasteiger partial charge in [-0.1, -0.05) is 18.3 Å². The molecule has 2 heterocycles. The second-order valence-corrected chi connectivity index (χ2v) is 11.1. The lowest BCUT2D eigenvalue weighted by atomic mass is 10.0. The van der Waals surface area contributed by atoms with Crippen molar-refractivity contribution in [2.24, 2.45) is 18.0 Å². The number of fused-ring (bicyclic) bond motifs is 1. The third kappa shape index (κ3) is 4.64. The van der Waals surface area contributed by atoms with E-state index in [0.717, 1.165) is 23.1 Å². The summed E-state index contributed by atoms with van der Waals surface area (Å²) in [6.45, 7) is 3.08. The average molecular weight is 488 g/mol. The number of methoxy groups -OCH3 is 1. The van der Waals surface area contributed by atoms with E-state index in [-0.39, 0.29) is 4.90 Å². The summed E-state index contributed by atoms with van der Waals surface area (Å²) in [7, 11) is -0.469. The van der Waals surface area contributed by atoms with Crippen LogP contribution < -0.4 is 4.80 Å². The van der Waals surface area contributed by atoms with Crippen molar-refractivity contribution in [2.75, 3.05) is 20.2 Å². The Morgan fingerprint density at radius 3 is 2.48 bits per heavy atom. The second kappa shape index (κ2) is 9.20. The number of amides is 1. The summed E-state index contributed by atoms with van der Waals surface area (Å²) in [6, 6.07) is 11.1. The number of hydrogen-bond donors (Lipinski definition) is 0. The highest BCUT2D eigenvalue weighted by Gasteiger charge is 2.28. The van der Waals surface area contributed by atoms with E-state index in [9.17, 15) is 18.0 Å². The van der Waals surface area contributed by atoms with Crippen LogP contribution in [0.3, 0.4) is 0 Å². The monoisotopic (exact) mass is 487 g/mol. The van der Waals surface area contributed by atoms with Crippen molar-refractivity contribution in [3.63, 3.8) is 0 Å². The van der Waals surface area contributed by atoms with Crippen molar-refractivity contribution in [2.45, 2.75) is 24.7 Å². The molecule has 1 aromatic heterocycles. The number of thiazole rings is 1. The summed E-state index contributed by atoms with van der Waals surface area (Å²) in [6.07, 6.45) is 1.88. The summed E-state index contributed by atoms with van der Waals surface area (Å²) in [5.41, 5.74) is 1.55. The van der Waals surface area contributed by atoms with E-state index in [2.05, 4.69) is 11.9 Å². The van der Waals surface area contributed by atoms with Gasteiger partial charge >= 0.3 is 5.97 Å². The molecule has 3 aromatic rings. The second-order valence-electron chi connectivity index (χ2n) is 8.17. The van der Waals surface area contributed by atoms with Crippen LogP contribution in [0.2, 0.25) is 0 Å². The van der Waals surface area contributed by atoms with Crippen LogP contribution in [0.4, 0.5) is 0 Å². The molecule has 4 rings (SSSR count). The van der Waals surface area contributed by atoms with Crippen molar-refractivity contribution in [3.05, 3.63) is 58.4 Å². The maximum Gasteiger partial charge on any atom is 0.337 e. The molecule has 0 N–H and O–H groups in total. The third-order valence-electron chi connectivity index (χ3n) is 5.79. The zero-order chi connectivity index (χ0) is 23.8. The molecular weight excluding hydrogens is 462 g/mol. The Morgan fingerprint density at radius 2 is 1.82 bits per heavy atom. The first-order valence-electron chi connectivity index (χ1n) is 10.6. The maximum atomic E-state index is 12.9. The summed E-state index contributed by atoms with van der Waals surface area (Å²) in [4.78, 5) is 29.4. The molecule has 1 aliphatic rings. The first-order chi connectivity index (χ1) is 15.7. The molecule has 0 radical (unpaired) electrons. The Balaban J connectivity index is 1.60. The zero-order valence-corrected chi connectivity index (χ0v) is 20.3. The zero-order valence-electron chi connectivity index (χ0n) is 18.6. The number of esters is 1. The lowest BCUT2D eigenvalue weighted by Gasteiger charge is -2.30. The lowest BCUT2D eigenvalue weighted by Crippen LogP contribution is -2.39. The Bertz CT molecular complexity index is 1390. The molecule has 1 amide bonds. The first-order valence-corrected chi connectivity index (χ1v) is 12.8. The number of carbonyl (C=O) groups excluding carboxylic acids is 2. The molecule has 0 spiro atoms. The van der Waals surface area contributed by atoms with E-state index in [1.54, 1.807) is 29.8 Å². The van der Waals surface area contributed by atoms with Gasteiger partial charge in [0.05, 0.1) is 27.8 Å². The number of nitrogens with zero attached hydrogens (tertiary/aromatic N) is 3. The van der Waals surface area contributed by atoms with Crippen molar-refractivity contribution < 1.29 is 22.7 Å². The number of rotatable bonds is 4. The molecule has 10 heteroatoms. The van der Waals surface area contributed by atoms with Gasteiger partial charge in [-0.05, 0) is 61.2 Å². The van der Waals surface area contributed by atoms with Crippen LogP contribution in [0, 0.1) is 5.92 Å². The van der Waals surface area contributed by atoms with E-state index >= 15 is 0 Å². The molecule has 0 unspecified atom stereocenters. The Hall–Kier alpha value is -2.82. The molecule has 0 bridgehead atoms. The number of carbonyl (C=O) groups is 2. The van der Waals surface area contributed by atoms with Crippen LogP contribution in [-0.2, 0) is 21.8 Å². The molecule has 33 heavy (non-hydrogen) atoms. The predicted octanol–water partition coefficient (Wildman–Crippen LogP) is 3.19. The normalized spacial score (nSPS) is 17.9. The molecule has 1 aliphatic heterocycles. The number of ether oxygens (including phenoxy) is 1. The van der Waals surface area contributed by atoms with Gasteiger partial charge in [0, 0.05) is 25.7 Å². The molecular formula is C23H25N3O5S2. The van der Waals surface area contributed by atoms with Gasteiger partial charge in [0.1, 0.15) is 0 Å². The SMILES string of the molecule is COC(=O)c1ccc2c(c1)sc(=NC(=O)c1ccc(S(=O)(=O)N3CCC[C@@H](C)C3)cc1)n2C. The van der Waals surface area contributed by atoms with Gasteiger partial charge < -0.3 is 9.30 Å². The number of benzene rings is 2. The Morgan fingerprint density at radius 1 is 1.12 bits per heavy atom. The van der Waals surface area contributed by atoms with Crippen LogP contribution in [0.15, 0.2) is 52.4 Å². The van der Waals surface area contributed by atoms with E-state index in [1.165, 1.54) is 47.0 Å². The summed E-state index contributed by atoms with van der Waals surface area (Å²) in [5, 5.41) is 0. The average Bonchev–Trinajstić information content (AvgIpc) is 3.13. The van der Waals surface area contributed by atoms with Crippen LogP contribution in [0.25, 0.3) is 10.2 Å². The first kappa shape index (κ1) is 23.3. The van der Waals surface area contributed by atoms with E-state index < -0.39 is 21.9 Å². The number of aryl methyl sites for hydroxylation is 1. The highest BCUT2D eigenvalue weighted by Crippen LogP contribution is 2.24. The summed E-state index contributed by atoms with van der Waals surface area (Å²) < 4.78 is 34.7. The van der Waals surface area contributed by atoms with Gasteiger partial charge in [-0.3, -0.25) is 4.79 Å². The number of hydrogen-bond acceptors (Lipinski definition) is 6. The minimum atomic E-state index is -3.58.